The molecule has 4 heteroatoms. The lowest BCUT2D eigenvalue weighted by Gasteiger charge is -2.18. The number of nitrogens with zero attached hydrogens (tertiary/aromatic N) is 2. The summed E-state index contributed by atoms with van der Waals surface area (Å²) < 4.78 is 5.92. The minimum Gasteiger partial charge on any atom is -0.416 e. The molecular formula is C26H26N2O2. The molecule has 0 aliphatic rings. The molecule has 1 aromatic heterocycles. The molecule has 4 rings (SSSR count). The molecule has 0 radical (unpaired) electrons. The smallest absolute Gasteiger partial charge is 0.248 e. The normalized spacial score (nSPS) is 12.7. The van der Waals surface area contributed by atoms with Crippen LogP contribution in [0.15, 0.2) is 77.2 Å². The molecule has 0 saturated heterocycles. The van der Waals surface area contributed by atoms with E-state index in [-0.39, 0.29) is 5.41 Å². The molecule has 1 unspecified atom stereocenters. The number of hydrogen-bond donors (Lipinski definition) is 1. The summed E-state index contributed by atoms with van der Waals surface area (Å²) in [5, 5.41) is 18.1. The predicted molar refractivity (Wildman–Crippen MR) is 120 cm³/mol. The molecule has 0 fully saturated rings. The lowest BCUT2D eigenvalue weighted by Crippen LogP contribution is -2.10. The van der Waals surface area contributed by atoms with Gasteiger partial charge in [0.05, 0.1) is 6.10 Å². The van der Waals surface area contributed by atoms with Crippen LogP contribution < -0.4 is 0 Å². The molecule has 0 aliphatic carbocycles. The summed E-state index contributed by atoms with van der Waals surface area (Å²) >= 11 is 0. The lowest BCUT2D eigenvalue weighted by atomic mass is 9.87. The number of aromatic nitrogens is 2. The van der Waals surface area contributed by atoms with Crippen molar-refractivity contribution in [1.82, 2.24) is 10.2 Å². The molecule has 0 amide bonds. The second-order valence-corrected chi connectivity index (χ2v) is 8.62. The van der Waals surface area contributed by atoms with Gasteiger partial charge in [-0.1, -0.05) is 69.3 Å². The molecule has 1 N–H and O–H groups in total. The van der Waals surface area contributed by atoms with Crippen LogP contribution in [-0.4, -0.2) is 15.3 Å². The molecule has 1 atom stereocenters. The van der Waals surface area contributed by atoms with E-state index in [1.165, 1.54) is 5.56 Å². The summed E-state index contributed by atoms with van der Waals surface area (Å²) in [6.45, 7) is 8.34. The van der Waals surface area contributed by atoms with E-state index in [4.69, 9.17) is 4.42 Å². The fourth-order valence-electron chi connectivity index (χ4n) is 3.33. The second kappa shape index (κ2) is 7.88. The Labute approximate surface area is 177 Å². The van der Waals surface area contributed by atoms with E-state index in [0.29, 0.717) is 11.8 Å². The topological polar surface area (TPSA) is 59.2 Å². The van der Waals surface area contributed by atoms with E-state index < -0.39 is 6.10 Å². The van der Waals surface area contributed by atoms with E-state index in [9.17, 15) is 5.11 Å². The zero-order valence-corrected chi connectivity index (χ0v) is 17.8. The fraction of sp³-hybridized carbons (Fsp3) is 0.231. The largest absolute Gasteiger partial charge is 0.416 e. The highest BCUT2D eigenvalue weighted by molar-refractivity contribution is 5.68. The zero-order chi connectivity index (χ0) is 21.3. The Hall–Kier alpha value is -3.24. The minimum absolute atomic E-state index is 0.108. The monoisotopic (exact) mass is 398 g/mol. The van der Waals surface area contributed by atoms with Crippen LogP contribution in [0.4, 0.5) is 0 Å². The van der Waals surface area contributed by atoms with Crippen LogP contribution in [0.5, 0.6) is 0 Å². The second-order valence-electron chi connectivity index (χ2n) is 8.62. The first kappa shape index (κ1) is 20.0. The van der Waals surface area contributed by atoms with E-state index in [2.05, 4.69) is 43.1 Å². The van der Waals surface area contributed by atoms with Crippen molar-refractivity contribution >= 4 is 0 Å². The van der Waals surface area contributed by atoms with Crippen LogP contribution >= 0.6 is 0 Å². The van der Waals surface area contributed by atoms with Crippen LogP contribution in [0.3, 0.4) is 0 Å². The van der Waals surface area contributed by atoms with Gasteiger partial charge in [-0.2, -0.15) is 0 Å². The number of benzene rings is 3. The van der Waals surface area contributed by atoms with Gasteiger partial charge in [-0.05, 0) is 58.9 Å². The van der Waals surface area contributed by atoms with Gasteiger partial charge in [-0.25, -0.2) is 0 Å². The molecule has 0 saturated carbocycles. The average Bonchev–Trinajstić information content (AvgIpc) is 3.24. The molecule has 4 aromatic rings. The van der Waals surface area contributed by atoms with Gasteiger partial charge >= 0.3 is 0 Å². The third-order valence-electron chi connectivity index (χ3n) is 5.28. The summed E-state index contributed by atoms with van der Waals surface area (Å²) in [6.07, 6.45) is -0.460. The Bertz CT molecular complexity index is 1120. The molecule has 0 bridgehead atoms. The summed E-state index contributed by atoms with van der Waals surface area (Å²) in [4.78, 5) is 0. The van der Waals surface area contributed by atoms with Crippen molar-refractivity contribution in [1.29, 1.82) is 0 Å². The van der Waals surface area contributed by atoms with Gasteiger partial charge < -0.3 is 9.52 Å². The van der Waals surface area contributed by atoms with Gasteiger partial charge in [0.25, 0.3) is 0 Å². The quantitative estimate of drug-likeness (QED) is 0.431. The number of hydrogen-bond acceptors (Lipinski definition) is 4. The third-order valence-corrected chi connectivity index (χ3v) is 5.28. The van der Waals surface area contributed by atoms with Gasteiger partial charge in [-0.3, -0.25) is 0 Å². The first-order valence-electron chi connectivity index (χ1n) is 10.1. The molecule has 152 valence electrons. The van der Waals surface area contributed by atoms with E-state index in [0.717, 1.165) is 27.8 Å². The number of aliphatic hydroxyl groups is 1. The SMILES string of the molecule is CC(O)c1ccc(-c2ccc(-c3nnc(-c4ccc(C(C)(C)C)cc4)o3)cc2)cc1. The van der Waals surface area contributed by atoms with E-state index >= 15 is 0 Å². The highest BCUT2D eigenvalue weighted by atomic mass is 16.4. The standard InChI is InChI=1S/C26H26N2O2/c1-17(29)18-5-7-19(8-6-18)20-9-11-21(12-10-20)24-27-28-25(30-24)22-13-15-23(16-14-22)26(2,3)4/h5-17,29H,1-4H3. The summed E-state index contributed by atoms with van der Waals surface area (Å²) in [7, 11) is 0. The first-order valence-corrected chi connectivity index (χ1v) is 10.1. The van der Waals surface area contributed by atoms with E-state index in [1.807, 2.05) is 60.7 Å². The van der Waals surface area contributed by atoms with Crippen molar-refractivity contribution in [2.45, 2.75) is 39.2 Å². The number of aliphatic hydroxyl groups excluding tert-OH is 1. The Morgan fingerprint density at radius 1 is 0.667 bits per heavy atom. The molecule has 1 heterocycles. The number of rotatable bonds is 4. The lowest BCUT2D eigenvalue weighted by molar-refractivity contribution is 0.199. The average molecular weight is 399 g/mol. The molecule has 4 nitrogen and oxygen atoms in total. The van der Waals surface area contributed by atoms with Crippen molar-refractivity contribution in [3.63, 3.8) is 0 Å². The zero-order valence-electron chi connectivity index (χ0n) is 17.8. The molecule has 0 spiro atoms. The van der Waals surface area contributed by atoms with Crippen LogP contribution in [0.2, 0.25) is 0 Å². The Balaban J connectivity index is 1.53. The van der Waals surface area contributed by atoms with Crippen LogP contribution in [-0.2, 0) is 5.41 Å². The van der Waals surface area contributed by atoms with Crippen molar-refractivity contribution in [2.75, 3.05) is 0 Å². The molecule has 30 heavy (non-hydrogen) atoms. The predicted octanol–water partition coefficient (Wildman–Crippen LogP) is 6.42. The molecule has 0 aliphatic heterocycles. The van der Waals surface area contributed by atoms with E-state index in [1.54, 1.807) is 6.92 Å². The third kappa shape index (κ3) is 4.19. The highest BCUT2D eigenvalue weighted by Crippen LogP contribution is 2.29. The van der Waals surface area contributed by atoms with Crippen molar-refractivity contribution in [2.24, 2.45) is 0 Å². The minimum atomic E-state index is -0.460. The Kier molecular flexibility index (Phi) is 5.27. The van der Waals surface area contributed by atoms with Crippen molar-refractivity contribution < 1.29 is 9.52 Å². The maximum atomic E-state index is 9.66. The van der Waals surface area contributed by atoms with Gasteiger partial charge in [0.1, 0.15) is 0 Å². The van der Waals surface area contributed by atoms with Crippen molar-refractivity contribution in [3.05, 3.63) is 83.9 Å². The van der Waals surface area contributed by atoms with Gasteiger partial charge in [-0.15, -0.1) is 10.2 Å². The maximum absolute atomic E-state index is 9.66. The van der Waals surface area contributed by atoms with Crippen LogP contribution in [0, 0.1) is 0 Å². The van der Waals surface area contributed by atoms with Gasteiger partial charge in [0, 0.05) is 11.1 Å². The Morgan fingerprint density at radius 3 is 1.50 bits per heavy atom. The van der Waals surface area contributed by atoms with Crippen LogP contribution in [0.25, 0.3) is 34.0 Å². The first-order chi connectivity index (χ1) is 14.3. The molecule has 3 aromatic carbocycles. The fourth-order valence-corrected chi connectivity index (χ4v) is 3.33. The highest BCUT2D eigenvalue weighted by Gasteiger charge is 2.15. The Morgan fingerprint density at radius 2 is 1.07 bits per heavy atom. The summed E-state index contributed by atoms with van der Waals surface area (Å²) in [5.41, 5.74) is 6.26. The van der Waals surface area contributed by atoms with Crippen LogP contribution in [0.1, 0.15) is 44.9 Å². The molecular weight excluding hydrogens is 372 g/mol. The summed E-state index contributed by atoms with van der Waals surface area (Å²) in [5.74, 6) is 1.02. The summed E-state index contributed by atoms with van der Waals surface area (Å²) in [6, 6.07) is 24.2. The van der Waals surface area contributed by atoms with Crippen molar-refractivity contribution in [3.8, 4) is 34.0 Å². The maximum Gasteiger partial charge on any atom is 0.248 e. The van der Waals surface area contributed by atoms with Gasteiger partial charge in [0.2, 0.25) is 11.8 Å². The van der Waals surface area contributed by atoms with Gasteiger partial charge in [0.15, 0.2) is 0 Å².